The third-order valence-corrected chi connectivity index (χ3v) is 2.86. The van der Waals surface area contributed by atoms with Crippen LogP contribution in [-0.2, 0) is 0 Å². The van der Waals surface area contributed by atoms with Crippen LogP contribution in [-0.4, -0.2) is 31.6 Å². The van der Waals surface area contributed by atoms with Crippen LogP contribution >= 0.6 is 11.8 Å². The number of aromatic amines is 1. The first-order valence-electron chi connectivity index (χ1n) is 4.82. The van der Waals surface area contributed by atoms with E-state index in [0.29, 0.717) is 17.3 Å². The number of amidine groups is 1. The van der Waals surface area contributed by atoms with Gasteiger partial charge in [-0.2, -0.15) is 0 Å². The molecule has 0 atom stereocenters. The van der Waals surface area contributed by atoms with Gasteiger partial charge in [-0.1, -0.05) is 16.9 Å². The van der Waals surface area contributed by atoms with Gasteiger partial charge in [-0.05, 0) is 13.8 Å². The second-order valence-electron chi connectivity index (χ2n) is 3.46. The molecule has 7 nitrogen and oxygen atoms in total. The highest BCUT2D eigenvalue weighted by Gasteiger charge is 2.11. The summed E-state index contributed by atoms with van der Waals surface area (Å²) in [7, 11) is 0. The molecule has 0 unspecified atom stereocenters. The van der Waals surface area contributed by atoms with Gasteiger partial charge >= 0.3 is 5.69 Å². The predicted octanol–water partition coefficient (Wildman–Crippen LogP) is 0.381. The molecule has 16 heavy (non-hydrogen) atoms. The Morgan fingerprint density at radius 3 is 3.00 bits per heavy atom. The van der Waals surface area contributed by atoms with E-state index in [0.717, 1.165) is 0 Å². The van der Waals surface area contributed by atoms with Crippen molar-refractivity contribution in [1.82, 2.24) is 14.8 Å². The number of nitrogens with two attached hydrogens (primary N) is 1. The molecule has 1 aromatic heterocycles. The summed E-state index contributed by atoms with van der Waals surface area (Å²) in [5.41, 5.74) is 5.11. The molecule has 4 N–H and O–H groups in total. The lowest BCUT2D eigenvalue weighted by Crippen LogP contribution is -2.19. The van der Waals surface area contributed by atoms with E-state index in [4.69, 9.17) is 10.9 Å². The van der Waals surface area contributed by atoms with Crippen molar-refractivity contribution in [1.29, 1.82) is 0 Å². The molecule has 0 radical (unpaired) electrons. The van der Waals surface area contributed by atoms with Crippen LogP contribution in [0.25, 0.3) is 0 Å². The number of oxime groups is 1. The molecule has 90 valence electrons. The van der Waals surface area contributed by atoms with E-state index < -0.39 is 0 Å². The minimum absolute atomic E-state index is 0.0533. The van der Waals surface area contributed by atoms with Crippen LogP contribution in [0.15, 0.2) is 15.1 Å². The first-order chi connectivity index (χ1) is 7.56. The number of hydrogen-bond donors (Lipinski definition) is 3. The summed E-state index contributed by atoms with van der Waals surface area (Å²) in [6, 6.07) is 0.0533. The summed E-state index contributed by atoms with van der Waals surface area (Å²) in [5.74, 6) is 0.772. The van der Waals surface area contributed by atoms with Crippen LogP contribution in [0.4, 0.5) is 0 Å². The molecule has 0 spiro atoms. The maximum atomic E-state index is 11.4. The molecule has 0 amide bonds. The molecule has 1 aromatic rings. The van der Waals surface area contributed by atoms with Gasteiger partial charge in [0.15, 0.2) is 5.16 Å². The van der Waals surface area contributed by atoms with Crippen molar-refractivity contribution >= 4 is 17.6 Å². The van der Waals surface area contributed by atoms with E-state index in [2.05, 4.69) is 15.4 Å². The van der Waals surface area contributed by atoms with E-state index in [1.165, 1.54) is 11.8 Å². The van der Waals surface area contributed by atoms with Crippen molar-refractivity contribution in [3.8, 4) is 0 Å². The maximum Gasteiger partial charge on any atom is 0.344 e. The Balaban J connectivity index is 2.64. The summed E-state index contributed by atoms with van der Waals surface area (Å²) >= 11 is 1.39. The van der Waals surface area contributed by atoms with Crippen LogP contribution in [0.5, 0.6) is 0 Å². The van der Waals surface area contributed by atoms with Crippen LogP contribution in [0.2, 0.25) is 0 Å². The van der Waals surface area contributed by atoms with Crippen molar-refractivity contribution in [2.45, 2.75) is 31.5 Å². The molecular weight excluding hydrogens is 230 g/mol. The minimum atomic E-state index is -0.221. The van der Waals surface area contributed by atoms with Crippen molar-refractivity contribution < 1.29 is 5.21 Å². The van der Waals surface area contributed by atoms with Gasteiger partial charge in [0.1, 0.15) is 5.84 Å². The second kappa shape index (κ2) is 5.59. The second-order valence-corrected chi connectivity index (χ2v) is 4.53. The lowest BCUT2D eigenvalue weighted by atomic mass is 10.4. The molecule has 1 heterocycles. The Morgan fingerprint density at radius 1 is 1.75 bits per heavy atom. The molecular formula is C8H15N5O2S. The van der Waals surface area contributed by atoms with Gasteiger partial charge in [-0.3, -0.25) is 4.57 Å². The Labute approximate surface area is 96.7 Å². The first kappa shape index (κ1) is 12.6. The van der Waals surface area contributed by atoms with Gasteiger partial charge in [0, 0.05) is 18.2 Å². The van der Waals surface area contributed by atoms with Gasteiger partial charge in [-0.15, -0.1) is 5.10 Å². The lowest BCUT2D eigenvalue weighted by Gasteiger charge is -2.07. The highest BCUT2D eigenvalue weighted by molar-refractivity contribution is 7.99. The molecule has 0 aliphatic heterocycles. The van der Waals surface area contributed by atoms with Gasteiger partial charge in [0.25, 0.3) is 0 Å². The average Bonchev–Trinajstić information content (AvgIpc) is 2.59. The molecule has 0 aliphatic carbocycles. The Bertz CT molecular complexity index is 422. The topological polar surface area (TPSA) is 109 Å². The van der Waals surface area contributed by atoms with Gasteiger partial charge in [-0.25, -0.2) is 9.89 Å². The summed E-state index contributed by atoms with van der Waals surface area (Å²) in [5, 5.41) is 18.1. The highest BCUT2D eigenvalue weighted by atomic mass is 32.2. The van der Waals surface area contributed by atoms with Gasteiger partial charge in [0.2, 0.25) is 0 Å². The normalized spacial score (nSPS) is 12.3. The number of hydrogen-bond acceptors (Lipinski definition) is 5. The van der Waals surface area contributed by atoms with Crippen molar-refractivity contribution in [3.05, 3.63) is 10.5 Å². The smallest absolute Gasteiger partial charge is 0.344 e. The van der Waals surface area contributed by atoms with Crippen LogP contribution in [0.1, 0.15) is 26.3 Å². The maximum absolute atomic E-state index is 11.4. The Morgan fingerprint density at radius 2 is 2.44 bits per heavy atom. The van der Waals surface area contributed by atoms with E-state index >= 15 is 0 Å². The fraction of sp³-hybridized carbons (Fsp3) is 0.625. The quantitative estimate of drug-likeness (QED) is 0.228. The summed E-state index contributed by atoms with van der Waals surface area (Å²) in [4.78, 5) is 11.4. The van der Waals surface area contributed by atoms with E-state index in [1.54, 1.807) is 4.57 Å². The lowest BCUT2D eigenvalue weighted by molar-refractivity contribution is 0.317. The number of thioether (sulfide) groups is 1. The van der Waals surface area contributed by atoms with Crippen LogP contribution in [0, 0.1) is 0 Å². The number of nitrogens with one attached hydrogen (secondary N) is 1. The third-order valence-electron chi connectivity index (χ3n) is 1.91. The molecule has 0 bridgehead atoms. The molecule has 1 rings (SSSR count). The molecule has 0 saturated heterocycles. The first-order valence-corrected chi connectivity index (χ1v) is 5.81. The van der Waals surface area contributed by atoms with Crippen molar-refractivity contribution in [2.24, 2.45) is 10.9 Å². The number of rotatable bonds is 5. The van der Waals surface area contributed by atoms with Gasteiger partial charge in [0.05, 0.1) is 0 Å². The largest absolute Gasteiger partial charge is 0.409 e. The molecule has 8 heteroatoms. The zero-order valence-corrected chi connectivity index (χ0v) is 9.99. The monoisotopic (exact) mass is 245 g/mol. The van der Waals surface area contributed by atoms with Crippen LogP contribution in [0.3, 0.4) is 0 Å². The van der Waals surface area contributed by atoms with E-state index in [-0.39, 0.29) is 17.6 Å². The Hall–Kier alpha value is -1.44. The summed E-state index contributed by atoms with van der Waals surface area (Å²) in [6.45, 7) is 3.81. The van der Waals surface area contributed by atoms with E-state index in [1.807, 2.05) is 13.8 Å². The third kappa shape index (κ3) is 3.02. The fourth-order valence-electron chi connectivity index (χ4n) is 1.14. The van der Waals surface area contributed by atoms with Crippen molar-refractivity contribution in [2.75, 3.05) is 5.75 Å². The molecule has 0 fully saturated rings. The molecule has 0 aliphatic rings. The van der Waals surface area contributed by atoms with E-state index in [9.17, 15) is 4.79 Å². The fourth-order valence-corrected chi connectivity index (χ4v) is 2.18. The van der Waals surface area contributed by atoms with Crippen molar-refractivity contribution in [3.63, 3.8) is 0 Å². The number of aromatic nitrogens is 3. The average molecular weight is 245 g/mol. The zero-order valence-electron chi connectivity index (χ0n) is 9.17. The number of nitrogens with zero attached hydrogens (tertiary/aromatic N) is 3. The summed E-state index contributed by atoms with van der Waals surface area (Å²) in [6.07, 6.45) is 0.445. The Kier molecular flexibility index (Phi) is 4.41. The number of H-pyrrole nitrogens is 1. The summed E-state index contributed by atoms with van der Waals surface area (Å²) < 4.78 is 1.57. The predicted molar refractivity (Wildman–Crippen MR) is 62.0 cm³/mol. The van der Waals surface area contributed by atoms with Gasteiger partial charge < -0.3 is 10.9 Å². The standard InChI is InChI=1S/C8H15N5O2S/c1-5(2)13-7(14)10-11-8(13)16-4-3-6(9)12-15/h5,15H,3-4H2,1-2H3,(H2,9,12)(H,10,14). The van der Waals surface area contributed by atoms with Crippen LogP contribution < -0.4 is 11.4 Å². The highest BCUT2D eigenvalue weighted by Crippen LogP contribution is 2.17. The zero-order chi connectivity index (χ0) is 12.1. The molecule has 0 saturated carbocycles. The molecule has 0 aromatic carbocycles. The minimum Gasteiger partial charge on any atom is -0.409 e. The SMILES string of the molecule is CC(C)n1c(SCCC(N)=NO)n[nH]c1=O.